The number of halogens is 1. The quantitative estimate of drug-likeness (QED) is 0.182. The van der Waals surface area contributed by atoms with Crippen LogP contribution >= 0.6 is 11.6 Å². The van der Waals surface area contributed by atoms with Gasteiger partial charge >= 0.3 is 0 Å². The largest absolute Gasteiger partial charge is 0.456 e. The number of anilines is 2. The van der Waals surface area contributed by atoms with E-state index in [1.165, 1.54) is 12.7 Å². The number of fused-ring (bicyclic) bond motifs is 2. The first-order valence-corrected chi connectivity index (χ1v) is 11.5. The van der Waals surface area contributed by atoms with Crippen molar-refractivity contribution in [2.24, 2.45) is 0 Å². The van der Waals surface area contributed by atoms with E-state index < -0.39 is 5.91 Å². The minimum absolute atomic E-state index is 0.106. The fraction of sp³-hybridized carbons (Fsp3) is 0.115. The second-order valence-electron chi connectivity index (χ2n) is 7.51. The molecule has 0 saturated heterocycles. The molecule has 3 heterocycles. The van der Waals surface area contributed by atoms with Gasteiger partial charge in [-0.3, -0.25) is 4.79 Å². The minimum atomic E-state index is -0.486. The van der Waals surface area contributed by atoms with Crippen LogP contribution in [0.2, 0.25) is 0 Å². The molecule has 0 radical (unpaired) electrons. The highest BCUT2D eigenvalue weighted by molar-refractivity contribution is 6.32. The lowest BCUT2D eigenvalue weighted by molar-refractivity contribution is -0.111. The summed E-state index contributed by atoms with van der Waals surface area (Å²) in [7, 11) is 0. The third-order valence-electron chi connectivity index (χ3n) is 4.89. The van der Waals surface area contributed by atoms with Crippen LogP contribution in [0.5, 0.6) is 5.75 Å². The van der Waals surface area contributed by atoms with Gasteiger partial charge in [-0.15, -0.1) is 0 Å². The summed E-state index contributed by atoms with van der Waals surface area (Å²) >= 11 is 6.53. The molecular formula is C26H22ClN7O3. The maximum atomic E-state index is 12.0. The topological polar surface area (TPSA) is 127 Å². The number of allylic oxidation sites excluding steroid dienone is 3. The number of ether oxygens (including phenoxy) is 1. The van der Waals surface area contributed by atoms with Crippen LogP contribution in [0.25, 0.3) is 16.6 Å². The third kappa shape index (κ3) is 6.49. The first-order chi connectivity index (χ1) is 18.0. The fourth-order valence-electron chi connectivity index (χ4n) is 3.24. The van der Waals surface area contributed by atoms with E-state index in [2.05, 4.69) is 49.1 Å². The Balaban J connectivity index is 1.49. The first-order valence-electron chi connectivity index (χ1n) is 11.1. The molecule has 1 amide bonds. The monoisotopic (exact) mass is 515 g/mol. The SMILES string of the molecule is C=C(/C=C(Cl)\C(=C/C)Oc1ccn2ncnc2c1)Nc1ncnc2ccc(NC(=O)C#CCCO)cc12. The Hall–Kier alpha value is -4.72. The van der Waals surface area contributed by atoms with Crippen molar-refractivity contribution in [2.75, 3.05) is 17.2 Å². The van der Waals surface area contributed by atoms with Crippen LogP contribution in [0, 0.1) is 11.8 Å². The zero-order valence-corrected chi connectivity index (χ0v) is 20.5. The number of carbonyl (C=O) groups is 1. The number of amides is 1. The summed E-state index contributed by atoms with van der Waals surface area (Å²) in [6.45, 7) is 5.72. The fourth-order valence-corrected chi connectivity index (χ4v) is 3.52. The standard InChI is InChI=1S/C26H22ClN7O3/c1-3-23(37-19-9-10-34-24(14-19)29-16-31-34)21(27)12-17(2)32-26-20-13-18(7-8-22(20)28-15-30-26)33-25(36)6-4-5-11-35/h3,7-10,12-16,35H,2,5,11H2,1H3,(H,33,36)(H,28,30,32)/b21-12+,23-3+. The van der Waals surface area contributed by atoms with Gasteiger partial charge in [-0.05, 0) is 49.3 Å². The zero-order chi connectivity index (χ0) is 26.2. The Morgan fingerprint density at radius 1 is 1.22 bits per heavy atom. The van der Waals surface area contributed by atoms with Gasteiger partial charge in [-0.1, -0.05) is 24.1 Å². The molecular weight excluding hydrogens is 494 g/mol. The molecule has 0 aliphatic rings. The molecule has 0 spiro atoms. The van der Waals surface area contributed by atoms with Crippen LogP contribution in [0.1, 0.15) is 13.3 Å². The number of pyridine rings is 1. The second kappa shape index (κ2) is 11.8. The van der Waals surface area contributed by atoms with E-state index in [0.717, 1.165) is 0 Å². The Labute approximate surface area is 217 Å². The number of hydrogen-bond acceptors (Lipinski definition) is 8. The molecule has 0 aliphatic heterocycles. The summed E-state index contributed by atoms with van der Waals surface area (Å²) in [5.41, 5.74) is 2.26. The van der Waals surface area contributed by atoms with E-state index >= 15 is 0 Å². The highest BCUT2D eigenvalue weighted by Crippen LogP contribution is 2.26. The average Bonchev–Trinajstić information content (AvgIpc) is 3.35. The number of aliphatic hydroxyl groups is 1. The average molecular weight is 516 g/mol. The van der Waals surface area contributed by atoms with Crippen molar-refractivity contribution in [2.45, 2.75) is 13.3 Å². The molecule has 1 aromatic carbocycles. The van der Waals surface area contributed by atoms with Crippen LogP contribution in [-0.2, 0) is 4.79 Å². The van der Waals surface area contributed by atoms with E-state index in [1.807, 2.05) is 0 Å². The lowest BCUT2D eigenvalue weighted by Gasteiger charge is -2.12. The maximum Gasteiger partial charge on any atom is 0.300 e. The molecule has 4 rings (SSSR count). The van der Waals surface area contributed by atoms with Gasteiger partial charge < -0.3 is 20.5 Å². The van der Waals surface area contributed by atoms with Gasteiger partial charge in [0.1, 0.15) is 30.0 Å². The van der Waals surface area contributed by atoms with E-state index in [9.17, 15) is 4.79 Å². The van der Waals surface area contributed by atoms with E-state index in [1.54, 1.807) is 60.1 Å². The number of aliphatic hydroxyl groups excluding tert-OH is 1. The Morgan fingerprint density at radius 3 is 2.89 bits per heavy atom. The first kappa shape index (κ1) is 25.4. The molecule has 0 aliphatic carbocycles. The van der Waals surface area contributed by atoms with Gasteiger partial charge in [-0.25, -0.2) is 19.5 Å². The number of benzene rings is 1. The normalized spacial score (nSPS) is 11.6. The van der Waals surface area contributed by atoms with E-state index in [4.69, 9.17) is 21.4 Å². The Morgan fingerprint density at radius 2 is 2.08 bits per heavy atom. The predicted octanol–water partition coefficient (Wildman–Crippen LogP) is 4.03. The van der Waals surface area contributed by atoms with Crippen molar-refractivity contribution in [1.82, 2.24) is 24.6 Å². The predicted molar refractivity (Wildman–Crippen MR) is 142 cm³/mol. The van der Waals surface area contributed by atoms with Crippen molar-refractivity contribution < 1.29 is 14.6 Å². The molecule has 0 fully saturated rings. The van der Waals surface area contributed by atoms with Crippen molar-refractivity contribution >= 4 is 45.6 Å². The zero-order valence-electron chi connectivity index (χ0n) is 19.8. The van der Waals surface area contributed by atoms with Crippen LogP contribution in [-0.4, -0.2) is 42.2 Å². The molecule has 10 nitrogen and oxygen atoms in total. The van der Waals surface area contributed by atoms with Gasteiger partial charge in [0, 0.05) is 35.5 Å². The molecule has 186 valence electrons. The number of rotatable bonds is 8. The van der Waals surface area contributed by atoms with Gasteiger partial charge in [0.15, 0.2) is 5.65 Å². The molecule has 0 bridgehead atoms. The van der Waals surface area contributed by atoms with Crippen molar-refractivity contribution in [3.8, 4) is 17.6 Å². The van der Waals surface area contributed by atoms with Crippen LogP contribution in [0.4, 0.5) is 11.5 Å². The van der Waals surface area contributed by atoms with Crippen LogP contribution in [0.15, 0.2) is 84.4 Å². The summed E-state index contributed by atoms with van der Waals surface area (Å²) in [6.07, 6.45) is 8.19. The smallest absolute Gasteiger partial charge is 0.300 e. The molecule has 3 N–H and O–H groups in total. The third-order valence-corrected chi connectivity index (χ3v) is 5.18. The van der Waals surface area contributed by atoms with Gasteiger partial charge in [-0.2, -0.15) is 5.10 Å². The Kier molecular flexibility index (Phi) is 8.10. The van der Waals surface area contributed by atoms with Gasteiger partial charge in [0.25, 0.3) is 5.91 Å². The van der Waals surface area contributed by atoms with Crippen molar-refractivity contribution in [1.29, 1.82) is 0 Å². The lowest BCUT2D eigenvalue weighted by atomic mass is 10.2. The summed E-state index contributed by atoms with van der Waals surface area (Å²) in [5, 5.41) is 19.6. The minimum Gasteiger partial charge on any atom is -0.456 e. The molecule has 4 aromatic rings. The van der Waals surface area contributed by atoms with Crippen molar-refractivity contribution in [3.63, 3.8) is 0 Å². The van der Waals surface area contributed by atoms with E-state index in [-0.39, 0.29) is 13.0 Å². The summed E-state index contributed by atoms with van der Waals surface area (Å²) < 4.78 is 7.56. The van der Waals surface area contributed by atoms with Gasteiger partial charge in [0.05, 0.1) is 17.2 Å². The van der Waals surface area contributed by atoms with E-state index in [0.29, 0.717) is 50.3 Å². The van der Waals surface area contributed by atoms with Crippen LogP contribution < -0.4 is 15.4 Å². The molecule has 37 heavy (non-hydrogen) atoms. The maximum absolute atomic E-state index is 12.0. The highest BCUT2D eigenvalue weighted by atomic mass is 35.5. The number of nitrogens with one attached hydrogen (secondary N) is 2. The highest BCUT2D eigenvalue weighted by Gasteiger charge is 2.10. The summed E-state index contributed by atoms with van der Waals surface area (Å²) in [5.74, 6) is 5.96. The van der Waals surface area contributed by atoms with Gasteiger partial charge in [0.2, 0.25) is 0 Å². The molecule has 0 atom stereocenters. The lowest BCUT2D eigenvalue weighted by Crippen LogP contribution is -2.08. The second-order valence-corrected chi connectivity index (χ2v) is 7.91. The Bertz CT molecular complexity index is 1600. The van der Waals surface area contributed by atoms with Crippen LogP contribution in [0.3, 0.4) is 0 Å². The molecule has 3 aromatic heterocycles. The molecule has 0 saturated carbocycles. The number of carbonyl (C=O) groups excluding carboxylic acids is 1. The van der Waals surface area contributed by atoms with Crippen molar-refractivity contribution in [3.05, 3.63) is 84.4 Å². The number of nitrogens with zero attached hydrogens (tertiary/aromatic N) is 5. The molecule has 11 heteroatoms. The molecule has 0 unspecified atom stereocenters. The number of hydrogen-bond donors (Lipinski definition) is 3. The number of aromatic nitrogens is 5. The summed E-state index contributed by atoms with van der Waals surface area (Å²) in [4.78, 5) is 24.7. The summed E-state index contributed by atoms with van der Waals surface area (Å²) in [6, 6.07) is 8.69.